The molecule has 4 heterocycles. The second-order valence-corrected chi connectivity index (χ2v) is 18.9. The fourth-order valence-electron chi connectivity index (χ4n) is 6.84. The van der Waals surface area contributed by atoms with E-state index in [0.29, 0.717) is 24.4 Å². The Morgan fingerprint density at radius 1 is 0.635 bits per heavy atom. The van der Waals surface area contributed by atoms with Gasteiger partial charge in [0.1, 0.15) is 22.9 Å². The van der Waals surface area contributed by atoms with Gasteiger partial charge in [0.2, 0.25) is 0 Å². The van der Waals surface area contributed by atoms with Crippen molar-refractivity contribution in [3.63, 3.8) is 0 Å². The molecule has 0 spiro atoms. The number of thiophene rings is 3. The Bertz CT molecular complexity index is 1770. The van der Waals surface area contributed by atoms with E-state index in [4.69, 9.17) is 18.2 Å². The molecule has 52 heavy (non-hydrogen) atoms. The van der Waals surface area contributed by atoms with Crippen LogP contribution in [0.3, 0.4) is 0 Å². The molecule has 0 amide bonds. The van der Waals surface area contributed by atoms with Crippen LogP contribution in [0.1, 0.15) is 131 Å². The Morgan fingerprint density at radius 2 is 1.25 bits per heavy atom. The third-order valence-corrected chi connectivity index (χ3v) is 14.5. The molecule has 1 aliphatic rings. The van der Waals surface area contributed by atoms with Gasteiger partial charge in [0.25, 0.3) is 0 Å². The SMILES string of the molecule is CCCCC(CC)Cc1ccsc1-c1sc(-c2sc(-c3cc(OCCC(C)C)ccc3OCCC(C)C)cc2CC(CC)CCCC)c2c1N=S=N2. The summed E-state index contributed by atoms with van der Waals surface area (Å²) in [7, 11) is 0. The highest BCUT2D eigenvalue weighted by Crippen LogP contribution is 2.58. The summed E-state index contributed by atoms with van der Waals surface area (Å²) >= 11 is 7.06. The van der Waals surface area contributed by atoms with Gasteiger partial charge in [0.15, 0.2) is 0 Å². The maximum atomic E-state index is 6.53. The van der Waals surface area contributed by atoms with Gasteiger partial charge in [-0.25, -0.2) is 0 Å². The second-order valence-electron chi connectivity index (χ2n) is 15.4. The van der Waals surface area contributed by atoms with Crippen molar-refractivity contribution in [2.45, 2.75) is 132 Å². The molecule has 0 saturated heterocycles. The number of hydrogen-bond acceptors (Lipinski definition) is 7. The lowest BCUT2D eigenvalue weighted by Gasteiger charge is -2.15. The van der Waals surface area contributed by atoms with E-state index in [-0.39, 0.29) is 0 Å². The van der Waals surface area contributed by atoms with E-state index >= 15 is 0 Å². The van der Waals surface area contributed by atoms with Crippen molar-refractivity contribution in [3.8, 4) is 41.4 Å². The van der Waals surface area contributed by atoms with Crippen molar-refractivity contribution < 1.29 is 9.47 Å². The minimum Gasteiger partial charge on any atom is -0.494 e. The Morgan fingerprint density at radius 3 is 1.87 bits per heavy atom. The molecule has 0 bridgehead atoms. The van der Waals surface area contributed by atoms with Crippen molar-refractivity contribution in [1.82, 2.24) is 0 Å². The van der Waals surface area contributed by atoms with Crippen LogP contribution in [0.4, 0.5) is 11.4 Å². The molecule has 2 unspecified atom stereocenters. The normalized spacial score (nSPS) is 13.6. The van der Waals surface area contributed by atoms with Gasteiger partial charge in [0.05, 0.1) is 39.2 Å². The summed E-state index contributed by atoms with van der Waals surface area (Å²) in [5.74, 6) is 4.42. The molecule has 1 aliphatic heterocycles. The maximum absolute atomic E-state index is 6.53. The zero-order valence-electron chi connectivity index (χ0n) is 33.0. The summed E-state index contributed by atoms with van der Waals surface area (Å²) in [6.45, 7) is 19.8. The first-order valence-electron chi connectivity index (χ1n) is 20.1. The molecular formula is C44H62N2O2S4. The van der Waals surface area contributed by atoms with Crippen LogP contribution < -0.4 is 9.47 Å². The second kappa shape index (κ2) is 20.4. The van der Waals surface area contributed by atoms with E-state index < -0.39 is 0 Å². The summed E-state index contributed by atoms with van der Waals surface area (Å²) in [5, 5.41) is 2.29. The van der Waals surface area contributed by atoms with Crippen molar-refractivity contribution in [1.29, 1.82) is 0 Å². The first-order chi connectivity index (χ1) is 25.3. The Labute approximate surface area is 330 Å². The van der Waals surface area contributed by atoms with Gasteiger partial charge in [0, 0.05) is 15.3 Å². The molecular weight excluding hydrogens is 717 g/mol. The quantitative estimate of drug-likeness (QED) is 0.0663. The number of fused-ring (bicyclic) bond motifs is 1. The van der Waals surface area contributed by atoms with Crippen LogP contribution in [-0.4, -0.2) is 13.2 Å². The molecule has 3 aromatic heterocycles. The van der Waals surface area contributed by atoms with Gasteiger partial charge in [-0.15, -0.1) is 34.0 Å². The first-order valence-corrected chi connectivity index (χ1v) is 23.3. The van der Waals surface area contributed by atoms with E-state index in [1.165, 1.54) is 98.2 Å². The third kappa shape index (κ3) is 10.7. The van der Waals surface area contributed by atoms with E-state index in [9.17, 15) is 0 Å². The highest BCUT2D eigenvalue weighted by molar-refractivity contribution is 7.58. The molecule has 284 valence electrons. The third-order valence-electron chi connectivity index (χ3n) is 10.3. The van der Waals surface area contributed by atoms with Gasteiger partial charge in [-0.3, -0.25) is 0 Å². The van der Waals surface area contributed by atoms with E-state index in [0.717, 1.165) is 66.6 Å². The van der Waals surface area contributed by atoms with Gasteiger partial charge >= 0.3 is 0 Å². The lowest BCUT2D eigenvalue weighted by Crippen LogP contribution is -2.04. The van der Waals surface area contributed by atoms with Crippen LogP contribution in [0.2, 0.25) is 0 Å². The zero-order valence-corrected chi connectivity index (χ0v) is 36.3. The fourth-order valence-corrected chi connectivity index (χ4v) is 11.2. The summed E-state index contributed by atoms with van der Waals surface area (Å²) in [5.41, 5.74) is 6.19. The fraction of sp³-hybridized carbons (Fsp3) is 0.591. The average molecular weight is 779 g/mol. The van der Waals surface area contributed by atoms with Gasteiger partial charge in [-0.1, -0.05) is 107 Å². The molecule has 0 N–H and O–H groups in total. The number of rotatable bonds is 23. The molecule has 1 aromatic carbocycles. The van der Waals surface area contributed by atoms with Crippen molar-refractivity contribution in [2.24, 2.45) is 32.4 Å². The minimum absolute atomic E-state index is 0.589. The van der Waals surface area contributed by atoms with Crippen LogP contribution in [0, 0.1) is 23.7 Å². The molecule has 0 aliphatic carbocycles. The highest BCUT2D eigenvalue weighted by Gasteiger charge is 2.29. The Kier molecular flexibility index (Phi) is 16.1. The molecule has 4 aromatic rings. The summed E-state index contributed by atoms with van der Waals surface area (Å²) in [4.78, 5) is 6.56. The van der Waals surface area contributed by atoms with Gasteiger partial charge < -0.3 is 9.47 Å². The molecule has 5 rings (SSSR count). The monoisotopic (exact) mass is 778 g/mol. The van der Waals surface area contributed by atoms with Crippen molar-refractivity contribution in [2.75, 3.05) is 13.2 Å². The highest BCUT2D eigenvalue weighted by atomic mass is 32.1. The first kappa shape index (κ1) is 40.9. The summed E-state index contributed by atoms with van der Waals surface area (Å²) < 4.78 is 22.8. The van der Waals surface area contributed by atoms with Crippen LogP contribution in [-0.2, 0) is 24.2 Å². The average Bonchev–Trinajstić information content (AvgIpc) is 3.94. The molecule has 0 saturated carbocycles. The maximum Gasteiger partial charge on any atom is 0.128 e. The van der Waals surface area contributed by atoms with Gasteiger partial charge in [-0.05, 0) is 96.2 Å². The van der Waals surface area contributed by atoms with Crippen LogP contribution in [0.5, 0.6) is 11.5 Å². The lowest BCUT2D eigenvalue weighted by atomic mass is 9.91. The largest absolute Gasteiger partial charge is 0.494 e. The predicted octanol–water partition coefficient (Wildman–Crippen LogP) is 16.0. The van der Waals surface area contributed by atoms with Crippen LogP contribution in [0.15, 0.2) is 44.4 Å². The predicted molar refractivity (Wildman–Crippen MR) is 232 cm³/mol. The minimum atomic E-state index is 0.589. The number of unbranched alkanes of at least 4 members (excludes halogenated alkanes) is 2. The van der Waals surface area contributed by atoms with Crippen molar-refractivity contribution >= 4 is 56.7 Å². The molecule has 0 fully saturated rings. The smallest absolute Gasteiger partial charge is 0.128 e. The summed E-state index contributed by atoms with van der Waals surface area (Å²) in [6.07, 6.45) is 14.3. The molecule has 0 radical (unpaired) electrons. The Hall–Kier alpha value is -2.26. The topological polar surface area (TPSA) is 43.2 Å². The van der Waals surface area contributed by atoms with E-state index in [2.05, 4.69) is 91.1 Å². The number of nitrogens with zero attached hydrogens (tertiary/aromatic N) is 2. The molecule has 2 atom stereocenters. The lowest BCUT2D eigenvalue weighted by molar-refractivity contribution is 0.283. The number of hydrogen-bond donors (Lipinski definition) is 0. The number of ether oxygens (including phenoxy) is 2. The van der Waals surface area contributed by atoms with Crippen LogP contribution >= 0.6 is 34.0 Å². The molecule has 8 heteroatoms. The number of benzene rings is 1. The standard InChI is InChI=1S/C44H62N2O2S4/c1-9-13-15-31(11-3)25-33-21-24-49-41(33)43-39-40(46-52-45-39)44(51-43)42-34(26-32(12-4)16-14-10-2)27-38(50-42)36-28-35(47-22-19-29(5)6)17-18-37(36)48-23-20-30(7)8/h17-18,21,24,27-32H,9-16,19-20,22-23,25-26H2,1-8H3. The van der Waals surface area contributed by atoms with Crippen molar-refractivity contribution in [3.05, 3.63) is 46.8 Å². The molecule has 4 nitrogen and oxygen atoms in total. The summed E-state index contributed by atoms with van der Waals surface area (Å²) in [6, 6.07) is 11.3. The van der Waals surface area contributed by atoms with E-state index in [1.807, 2.05) is 34.0 Å². The van der Waals surface area contributed by atoms with Gasteiger partial charge in [-0.2, -0.15) is 8.73 Å². The van der Waals surface area contributed by atoms with Crippen LogP contribution in [0.25, 0.3) is 29.9 Å². The zero-order chi connectivity index (χ0) is 37.0. The Balaban J connectivity index is 1.59. The van der Waals surface area contributed by atoms with E-state index in [1.54, 1.807) is 0 Å².